The minimum atomic E-state index is -3.57. The first kappa shape index (κ1) is 15.7. The Labute approximate surface area is 130 Å². The lowest BCUT2D eigenvalue weighted by atomic mass is 10.1. The molecule has 7 heteroatoms. The zero-order valence-corrected chi connectivity index (χ0v) is 13.9. The van der Waals surface area contributed by atoms with Crippen molar-refractivity contribution >= 4 is 37.3 Å². The van der Waals surface area contributed by atoms with E-state index >= 15 is 0 Å². The zero-order chi connectivity index (χ0) is 14.8. The van der Waals surface area contributed by atoms with E-state index in [4.69, 9.17) is 5.11 Å². The van der Waals surface area contributed by atoms with E-state index in [1.165, 1.54) is 6.07 Å². The molecule has 0 radical (unpaired) electrons. The van der Waals surface area contributed by atoms with Crippen LogP contribution < -0.4 is 4.72 Å². The summed E-state index contributed by atoms with van der Waals surface area (Å²) >= 11 is 4.44. The van der Waals surface area contributed by atoms with E-state index in [-0.39, 0.29) is 16.9 Å². The maximum Gasteiger partial charge on any atom is 0.250 e. The Morgan fingerprint density at radius 2 is 2.10 bits per heavy atom. The molecule has 0 saturated carbocycles. The standard InChI is InChI=1S/C13H14BrNO3S2/c1-9(10-3-2-4-11(14)7-10)15-20(17,18)13-6-5-12(8-16)19-13/h2-7,9,15-16H,8H2,1H3. The van der Waals surface area contributed by atoms with Crippen molar-refractivity contribution in [3.63, 3.8) is 0 Å². The molecule has 0 saturated heterocycles. The number of halogens is 1. The SMILES string of the molecule is CC(NS(=O)(=O)c1ccc(CO)s1)c1cccc(Br)c1. The predicted octanol–water partition coefficient (Wildman–Crippen LogP) is 3.04. The molecule has 0 aliphatic heterocycles. The third kappa shape index (κ3) is 3.67. The number of hydrogen-bond acceptors (Lipinski definition) is 4. The van der Waals surface area contributed by atoms with Crippen molar-refractivity contribution in [1.82, 2.24) is 4.72 Å². The summed E-state index contributed by atoms with van der Waals surface area (Å²) in [6.45, 7) is 1.64. The van der Waals surface area contributed by atoms with Crippen LogP contribution in [0.4, 0.5) is 0 Å². The summed E-state index contributed by atoms with van der Waals surface area (Å²) in [5.74, 6) is 0. The van der Waals surface area contributed by atoms with Crippen molar-refractivity contribution in [3.05, 3.63) is 51.3 Å². The van der Waals surface area contributed by atoms with Crippen molar-refractivity contribution < 1.29 is 13.5 Å². The molecule has 0 aliphatic carbocycles. The minimum Gasteiger partial charge on any atom is -0.391 e. The highest BCUT2D eigenvalue weighted by Crippen LogP contribution is 2.24. The van der Waals surface area contributed by atoms with Gasteiger partial charge < -0.3 is 5.11 Å². The van der Waals surface area contributed by atoms with Gasteiger partial charge in [0.2, 0.25) is 0 Å². The summed E-state index contributed by atoms with van der Waals surface area (Å²) in [4.78, 5) is 0.625. The Morgan fingerprint density at radius 3 is 2.70 bits per heavy atom. The van der Waals surface area contributed by atoms with Gasteiger partial charge in [-0.3, -0.25) is 0 Å². The van der Waals surface area contributed by atoms with Crippen LogP contribution in [-0.4, -0.2) is 13.5 Å². The van der Waals surface area contributed by atoms with Crippen molar-refractivity contribution in [2.24, 2.45) is 0 Å². The average Bonchev–Trinajstić information content (AvgIpc) is 2.87. The Hall–Kier alpha value is -0.730. The topological polar surface area (TPSA) is 66.4 Å². The van der Waals surface area contributed by atoms with E-state index in [0.717, 1.165) is 21.4 Å². The van der Waals surface area contributed by atoms with Gasteiger partial charge in [-0.2, -0.15) is 0 Å². The largest absolute Gasteiger partial charge is 0.391 e. The summed E-state index contributed by atoms with van der Waals surface area (Å²) in [7, 11) is -3.57. The molecule has 0 bridgehead atoms. The van der Waals surface area contributed by atoms with Gasteiger partial charge in [0.05, 0.1) is 6.61 Å². The summed E-state index contributed by atoms with van der Waals surface area (Å²) < 4.78 is 28.2. The molecule has 0 amide bonds. The van der Waals surface area contributed by atoms with Crippen LogP contribution in [0.5, 0.6) is 0 Å². The highest BCUT2D eigenvalue weighted by Gasteiger charge is 2.20. The molecule has 1 heterocycles. The lowest BCUT2D eigenvalue weighted by Gasteiger charge is -2.14. The molecule has 1 aromatic heterocycles. The lowest BCUT2D eigenvalue weighted by molar-refractivity contribution is 0.285. The normalized spacial score (nSPS) is 13.3. The first-order valence-electron chi connectivity index (χ1n) is 5.90. The van der Waals surface area contributed by atoms with E-state index in [2.05, 4.69) is 20.7 Å². The molecule has 1 unspecified atom stereocenters. The first-order valence-corrected chi connectivity index (χ1v) is 8.99. The van der Waals surface area contributed by atoms with Gasteiger partial charge in [-0.05, 0) is 36.8 Å². The summed E-state index contributed by atoms with van der Waals surface area (Å²) in [5.41, 5.74) is 0.877. The molecule has 2 rings (SSSR count). The third-order valence-corrected chi connectivity index (χ3v) is 6.33. The van der Waals surface area contributed by atoms with Crippen LogP contribution >= 0.6 is 27.3 Å². The van der Waals surface area contributed by atoms with Crippen LogP contribution in [0.3, 0.4) is 0 Å². The van der Waals surface area contributed by atoms with Crippen molar-refractivity contribution in [2.75, 3.05) is 0 Å². The van der Waals surface area contributed by atoms with Crippen LogP contribution in [-0.2, 0) is 16.6 Å². The second-order valence-electron chi connectivity index (χ2n) is 4.28. The molecular weight excluding hydrogens is 362 g/mol. The number of sulfonamides is 1. The van der Waals surface area contributed by atoms with Crippen molar-refractivity contribution in [3.8, 4) is 0 Å². The fourth-order valence-corrected chi connectivity index (χ4v) is 4.60. The van der Waals surface area contributed by atoms with Crippen LogP contribution in [0.1, 0.15) is 23.4 Å². The van der Waals surface area contributed by atoms with Gasteiger partial charge in [-0.25, -0.2) is 13.1 Å². The fourth-order valence-electron chi connectivity index (χ4n) is 1.72. The van der Waals surface area contributed by atoms with Crippen LogP contribution in [0.15, 0.2) is 45.1 Å². The number of rotatable bonds is 5. The molecule has 0 aliphatic rings. The lowest BCUT2D eigenvalue weighted by Crippen LogP contribution is -2.26. The van der Waals surface area contributed by atoms with E-state index in [0.29, 0.717) is 4.88 Å². The summed E-state index contributed by atoms with van der Waals surface area (Å²) in [6.07, 6.45) is 0. The highest BCUT2D eigenvalue weighted by atomic mass is 79.9. The highest BCUT2D eigenvalue weighted by molar-refractivity contribution is 9.10. The molecule has 20 heavy (non-hydrogen) atoms. The van der Waals surface area contributed by atoms with Gasteiger partial charge in [0, 0.05) is 15.4 Å². The van der Waals surface area contributed by atoms with E-state index in [1.54, 1.807) is 13.0 Å². The van der Waals surface area contributed by atoms with Gasteiger partial charge in [0.15, 0.2) is 0 Å². The zero-order valence-electron chi connectivity index (χ0n) is 10.7. The number of thiophene rings is 1. The van der Waals surface area contributed by atoms with E-state index in [1.807, 2.05) is 24.3 Å². The summed E-state index contributed by atoms with van der Waals surface area (Å²) in [5, 5.41) is 9.00. The molecule has 108 valence electrons. The molecular formula is C13H14BrNO3S2. The van der Waals surface area contributed by atoms with Gasteiger partial charge >= 0.3 is 0 Å². The molecule has 1 aromatic carbocycles. The van der Waals surface area contributed by atoms with Gasteiger partial charge in [-0.15, -0.1) is 11.3 Å². The van der Waals surface area contributed by atoms with Gasteiger partial charge in [0.25, 0.3) is 10.0 Å². The summed E-state index contributed by atoms with van der Waals surface area (Å²) in [6, 6.07) is 10.3. The van der Waals surface area contributed by atoms with Gasteiger partial charge in [0.1, 0.15) is 4.21 Å². The second kappa shape index (κ2) is 6.36. The number of hydrogen-bond donors (Lipinski definition) is 2. The average molecular weight is 376 g/mol. The Balaban J connectivity index is 2.19. The fraction of sp³-hybridized carbons (Fsp3) is 0.231. The Kier molecular flexibility index (Phi) is 4.98. The van der Waals surface area contributed by atoms with Gasteiger partial charge in [-0.1, -0.05) is 28.1 Å². The van der Waals surface area contributed by atoms with Crippen LogP contribution in [0, 0.1) is 0 Å². The Bertz CT molecular complexity index is 697. The number of aliphatic hydroxyl groups excluding tert-OH is 1. The van der Waals surface area contributed by atoms with Crippen LogP contribution in [0.25, 0.3) is 0 Å². The third-order valence-electron chi connectivity index (χ3n) is 2.74. The molecule has 2 N–H and O–H groups in total. The van der Waals surface area contributed by atoms with E-state index < -0.39 is 10.0 Å². The quantitative estimate of drug-likeness (QED) is 0.843. The van der Waals surface area contributed by atoms with Crippen molar-refractivity contribution in [1.29, 1.82) is 0 Å². The molecule has 0 fully saturated rings. The number of nitrogens with one attached hydrogen (secondary N) is 1. The van der Waals surface area contributed by atoms with Crippen LogP contribution in [0.2, 0.25) is 0 Å². The molecule has 1 atom stereocenters. The van der Waals surface area contributed by atoms with Crippen molar-refractivity contribution in [2.45, 2.75) is 23.8 Å². The number of aliphatic hydroxyl groups is 1. The first-order chi connectivity index (χ1) is 9.42. The second-order valence-corrected chi connectivity index (χ2v) is 8.30. The number of benzene rings is 1. The molecule has 2 aromatic rings. The molecule has 0 spiro atoms. The predicted molar refractivity (Wildman–Crippen MR) is 83.1 cm³/mol. The molecule has 4 nitrogen and oxygen atoms in total. The minimum absolute atomic E-state index is 0.151. The maximum absolute atomic E-state index is 12.2. The monoisotopic (exact) mass is 375 g/mol. The van der Waals surface area contributed by atoms with E-state index in [9.17, 15) is 8.42 Å². The smallest absolute Gasteiger partial charge is 0.250 e. The Morgan fingerprint density at radius 1 is 1.35 bits per heavy atom. The maximum atomic E-state index is 12.2.